The lowest BCUT2D eigenvalue weighted by atomic mass is 9.96. The molecule has 2 aromatic carbocycles. The first-order valence-electron chi connectivity index (χ1n) is 8.76. The summed E-state index contributed by atoms with van der Waals surface area (Å²) in [5.74, 6) is 1.09. The number of nitriles is 2. The number of nitrogen functional groups attached to an aromatic ring is 1. The molecule has 0 saturated carbocycles. The molecule has 1 aromatic heterocycles. The van der Waals surface area contributed by atoms with Gasteiger partial charge in [-0.05, 0) is 30.2 Å². The molecule has 0 aliphatic heterocycles. The summed E-state index contributed by atoms with van der Waals surface area (Å²) in [6.07, 6.45) is 0. The zero-order valence-corrected chi connectivity index (χ0v) is 15.4. The number of hydrogen-bond acceptors (Lipinski definition) is 5. The first kappa shape index (κ1) is 18.8. The summed E-state index contributed by atoms with van der Waals surface area (Å²) in [6, 6.07) is 21.2. The van der Waals surface area contributed by atoms with Crippen LogP contribution in [-0.2, 0) is 6.61 Å². The maximum atomic E-state index is 9.64. The second-order valence-corrected chi connectivity index (χ2v) is 5.95. The number of nitrogens with two attached hydrogens (primary N) is 1. The van der Waals surface area contributed by atoms with Gasteiger partial charge in [-0.15, -0.1) is 0 Å². The predicted molar refractivity (Wildman–Crippen MR) is 104 cm³/mol. The lowest BCUT2D eigenvalue weighted by Crippen LogP contribution is -2.19. The highest BCUT2D eigenvalue weighted by Crippen LogP contribution is 2.33. The molecule has 3 aromatic rings. The maximum absolute atomic E-state index is 9.64. The van der Waals surface area contributed by atoms with Gasteiger partial charge in [0, 0.05) is 5.56 Å². The van der Waals surface area contributed by atoms with Gasteiger partial charge >= 0.3 is 5.88 Å². The van der Waals surface area contributed by atoms with Gasteiger partial charge in [0.25, 0.3) is 5.82 Å². The van der Waals surface area contributed by atoms with Crippen molar-refractivity contribution in [3.05, 3.63) is 71.3 Å². The van der Waals surface area contributed by atoms with E-state index in [9.17, 15) is 10.5 Å². The molecule has 1 heterocycles. The van der Waals surface area contributed by atoms with E-state index in [-0.39, 0.29) is 22.8 Å². The van der Waals surface area contributed by atoms with Crippen LogP contribution in [0, 0.1) is 22.7 Å². The van der Waals surface area contributed by atoms with Gasteiger partial charge in [-0.1, -0.05) is 42.5 Å². The molecule has 0 aliphatic carbocycles. The molecule has 0 saturated heterocycles. The highest BCUT2D eigenvalue weighted by molar-refractivity contribution is 5.81. The van der Waals surface area contributed by atoms with Crippen molar-refractivity contribution < 1.29 is 14.5 Å². The van der Waals surface area contributed by atoms with Gasteiger partial charge in [-0.25, -0.2) is 4.98 Å². The van der Waals surface area contributed by atoms with Crippen LogP contribution >= 0.6 is 0 Å². The van der Waals surface area contributed by atoms with E-state index in [2.05, 4.69) is 17.1 Å². The van der Waals surface area contributed by atoms with Crippen LogP contribution < -0.4 is 20.2 Å². The third-order valence-electron chi connectivity index (χ3n) is 4.15. The lowest BCUT2D eigenvalue weighted by molar-refractivity contribution is -0.377. The molecule has 0 amide bonds. The molecule has 6 nitrogen and oxygen atoms in total. The van der Waals surface area contributed by atoms with Gasteiger partial charge in [0.2, 0.25) is 0 Å². The Morgan fingerprint density at radius 2 is 1.61 bits per heavy atom. The van der Waals surface area contributed by atoms with Crippen molar-refractivity contribution in [1.29, 1.82) is 10.5 Å². The number of aromatic amines is 1. The summed E-state index contributed by atoms with van der Waals surface area (Å²) in [7, 11) is 0. The van der Waals surface area contributed by atoms with Crippen molar-refractivity contribution in [2.24, 2.45) is 0 Å². The quantitative estimate of drug-likeness (QED) is 0.714. The Kier molecular flexibility index (Phi) is 5.74. The zero-order valence-electron chi connectivity index (χ0n) is 15.4. The number of anilines is 1. The molecule has 3 rings (SSSR count). The molecule has 0 unspecified atom stereocenters. The molecule has 0 spiro atoms. The molecule has 3 N–H and O–H groups in total. The molecule has 138 valence electrons. The molecule has 0 bridgehead atoms. The van der Waals surface area contributed by atoms with Crippen LogP contribution in [0.2, 0.25) is 0 Å². The van der Waals surface area contributed by atoms with E-state index in [1.807, 2.05) is 37.3 Å². The number of hydrogen-bond donors (Lipinski definition) is 1. The minimum absolute atomic E-state index is 0.157. The van der Waals surface area contributed by atoms with Gasteiger partial charge in [-0.3, -0.25) is 5.73 Å². The monoisotopic (exact) mass is 371 g/mol. The Bertz CT molecular complexity index is 1050. The smallest absolute Gasteiger partial charge is 0.301 e. The van der Waals surface area contributed by atoms with E-state index < -0.39 is 0 Å². The number of aromatic nitrogens is 1. The van der Waals surface area contributed by atoms with Crippen molar-refractivity contribution in [3.63, 3.8) is 0 Å². The van der Waals surface area contributed by atoms with Gasteiger partial charge in [-0.2, -0.15) is 10.5 Å². The molecule has 28 heavy (non-hydrogen) atoms. The Hall–Kier alpha value is -4.03. The summed E-state index contributed by atoms with van der Waals surface area (Å²) in [6.45, 7) is 2.62. The van der Waals surface area contributed by atoms with Crippen LogP contribution in [0.4, 0.5) is 5.82 Å². The van der Waals surface area contributed by atoms with Gasteiger partial charge in [0.15, 0.2) is 5.56 Å². The summed E-state index contributed by atoms with van der Waals surface area (Å²) in [4.78, 5) is 2.79. The SMILES string of the molecule is CCOc1[nH+]c(N)c(C#N)c(-c2ccc(OCc3ccccc3)cc2)c1C#N. The summed E-state index contributed by atoms with van der Waals surface area (Å²) >= 11 is 0. The van der Waals surface area contributed by atoms with E-state index in [4.69, 9.17) is 15.2 Å². The molecular weight excluding hydrogens is 352 g/mol. The number of nitrogens with zero attached hydrogens (tertiary/aromatic N) is 2. The fourth-order valence-electron chi connectivity index (χ4n) is 2.84. The number of pyridine rings is 1. The molecule has 6 heteroatoms. The van der Waals surface area contributed by atoms with E-state index in [0.717, 1.165) is 5.56 Å². The third-order valence-corrected chi connectivity index (χ3v) is 4.15. The van der Waals surface area contributed by atoms with Crippen molar-refractivity contribution in [1.82, 2.24) is 0 Å². The second-order valence-electron chi connectivity index (χ2n) is 5.95. The molecule has 0 radical (unpaired) electrons. The second kappa shape index (κ2) is 8.57. The summed E-state index contributed by atoms with van der Waals surface area (Å²) in [5.41, 5.74) is 8.61. The Morgan fingerprint density at radius 3 is 2.21 bits per heavy atom. The number of ether oxygens (including phenoxy) is 2. The van der Waals surface area contributed by atoms with Gasteiger partial charge in [0.1, 0.15) is 30.1 Å². The van der Waals surface area contributed by atoms with Crippen LogP contribution in [-0.4, -0.2) is 6.61 Å². The van der Waals surface area contributed by atoms with Crippen LogP contribution in [0.1, 0.15) is 23.6 Å². The van der Waals surface area contributed by atoms with Crippen LogP contribution in [0.3, 0.4) is 0 Å². The van der Waals surface area contributed by atoms with Crippen molar-refractivity contribution in [2.45, 2.75) is 13.5 Å². The number of rotatable bonds is 6. The van der Waals surface area contributed by atoms with Gasteiger partial charge in [0.05, 0.1) is 6.61 Å². The van der Waals surface area contributed by atoms with Crippen LogP contribution in [0.15, 0.2) is 54.6 Å². The van der Waals surface area contributed by atoms with Crippen molar-refractivity contribution in [3.8, 4) is 34.9 Å². The first-order chi connectivity index (χ1) is 13.7. The highest BCUT2D eigenvalue weighted by atomic mass is 16.5. The minimum Gasteiger partial charge on any atom is -0.489 e. The van der Waals surface area contributed by atoms with E-state index >= 15 is 0 Å². The molecular formula is C22H19N4O2+. The van der Waals surface area contributed by atoms with Crippen LogP contribution in [0.5, 0.6) is 11.6 Å². The Morgan fingerprint density at radius 1 is 0.929 bits per heavy atom. The van der Waals surface area contributed by atoms with Crippen molar-refractivity contribution >= 4 is 5.82 Å². The lowest BCUT2D eigenvalue weighted by Gasteiger charge is -2.11. The Labute approximate surface area is 163 Å². The molecule has 0 aliphatic rings. The summed E-state index contributed by atoms with van der Waals surface area (Å²) in [5, 5.41) is 19.2. The number of H-pyrrole nitrogens is 1. The van der Waals surface area contributed by atoms with Crippen LogP contribution in [0.25, 0.3) is 11.1 Å². The maximum Gasteiger partial charge on any atom is 0.301 e. The van der Waals surface area contributed by atoms with E-state index in [1.54, 1.807) is 24.3 Å². The normalized spacial score (nSPS) is 9.96. The average molecular weight is 371 g/mol. The van der Waals surface area contributed by atoms with Gasteiger partial charge < -0.3 is 9.47 Å². The number of benzene rings is 2. The molecule has 0 atom stereocenters. The van der Waals surface area contributed by atoms with E-state index in [0.29, 0.717) is 30.1 Å². The third kappa shape index (κ3) is 3.87. The largest absolute Gasteiger partial charge is 0.489 e. The summed E-state index contributed by atoms with van der Waals surface area (Å²) < 4.78 is 11.3. The predicted octanol–water partition coefficient (Wildman–Crippen LogP) is 3.47. The Balaban J connectivity index is 1.95. The average Bonchev–Trinajstić information content (AvgIpc) is 2.73. The standard InChI is InChI=1S/C22H18N4O2/c1-2-27-22-19(13-24)20(18(12-23)21(25)26-22)16-8-10-17(11-9-16)28-14-15-6-4-3-5-7-15/h3-11H,2,14H2,1H3,(H2,25,26)/p+1. The minimum atomic E-state index is 0.157. The topological polar surface area (TPSA) is 106 Å². The highest BCUT2D eigenvalue weighted by Gasteiger charge is 2.24. The first-order valence-corrected chi connectivity index (χ1v) is 8.76. The van der Waals surface area contributed by atoms with Crippen molar-refractivity contribution in [2.75, 3.05) is 12.3 Å². The number of nitrogens with one attached hydrogen (secondary N) is 1. The fourth-order valence-corrected chi connectivity index (χ4v) is 2.84. The zero-order chi connectivity index (χ0) is 19.9. The molecule has 0 fully saturated rings. The van der Waals surface area contributed by atoms with E-state index in [1.165, 1.54) is 0 Å². The fraction of sp³-hybridized carbons (Fsp3) is 0.136.